The first kappa shape index (κ1) is 20.2. The van der Waals surface area contributed by atoms with Crippen molar-refractivity contribution in [3.63, 3.8) is 0 Å². The Morgan fingerprint density at radius 3 is 2.33 bits per heavy atom. The van der Waals surface area contributed by atoms with Crippen LogP contribution >= 0.6 is 24.0 Å². The lowest BCUT2D eigenvalue weighted by molar-refractivity contribution is 0.151. The quantitative estimate of drug-likeness (QED) is 0.388. The van der Waals surface area contributed by atoms with Crippen LogP contribution < -0.4 is 5.32 Å². The SMILES string of the molecule is CN=C(NCC1CCN(S(C)(=O)=O)CC1)N1CCC2(CCC2)C1.I. The molecule has 3 fully saturated rings. The Morgan fingerprint density at radius 1 is 1.21 bits per heavy atom. The number of hydrogen-bond donors (Lipinski definition) is 1. The van der Waals surface area contributed by atoms with Crippen LogP contribution in [0.4, 0.5) is 0 Å². The smallest absolute Gasteiger partial charge is 0.211 e. The Balaban J connectivity index is 0.00000208. The summed E-state index contributed by atoms with van der Waals surface area (Å²) < 4.78 is 24.7. The summed E-state index contributed by atoms with van der Waals surface area (Å²) >= 11 is 0. The fraction of sp³-hybridized carbons (Fsp3) is 0.938. The van der Waals surface area contributed by atoms with Crippen molar-refractivity contribution in [2.75, 3.05) is 46.0 Å². The minimum atomic E-state index is -3.03. The highest BCUT2D eigenvalue weighted by Crippen LogP contribution is 2.47. The number of hydrogen-bond acceptors (Lipinski definition) is 3. The maximum absolute atomic E-state index is 11.6. The molecule has 0 aromatic rings. The van der Waals surface area contributed by atoms with Gasteiger partial charge in [-0.15, -0.1) is 24.0 Å². The number of aliphatic imine (C=N–C) groups is 1. The molecule has 0 radical (unpaired) electrons. The van der Waals surface area contributed by atoms with Gasteiger partial charge in [0, 0.05) is 39.8 Å². The monoisotopic (exact) mass is 470 g/mol. The van der Waals surface area contributed by atoms with Crippen LogP contribution in [0.15, 0.2) is 4.99 Å². The molecule has 0 atom stereocenters. The maximum atomic E-state index is 11.6. The predicted molar refractivity (Wildman–Crippen MR) is 108 cm³/mol. The lowest BCUT2D eigenvalue weighted by atomic mass is 9.68. The lowest BCUT2D eigenvalue weighted by Crippen LogP contribution is -2.46. The van der Waals surface area contributed by atoms with Crippen molar-refractivity contribution < 1.29 is 8.42 Å². The van der Waals surface area contributed by atoms with Gasteiger partial charge in [-0.1, -0.05) is 6.42 Å². The van der Waals surface area contributed by atoms with Crippen molar-refractivity contribution in [2.24, 2.45) is 16.3 Å². The Labute approximate surface area is 163 Å². The number of sulfonamides is 1. The number of nitrogens with zero attached hydrogens (tertiary/aromatic N) is 3. The molecule has 24 heavy (non-hydrogen) atoms. The molecule has 1 saturated carbocycles. The first-order valence-electron chi connectivity index (χ1n) is 8.83. The van der Waals surface area contributed by atoms with Gasteiger partial charge in [0.2, 0.25) is 10.0 Å². The van der Waals surface area contributed by atoms with E-state index in [9.17, 15) is 8.42 Å². The zero-order chi connectivity index (χ0) is 16.5. The Kier molecular flexibility index (Phi) is 6.80. The first-order chi connectivity index (χ1) is 10.9. The predicted octanol–water partition coefficient (Wildman–Crippen LogP) is 1.73. The summed E-state index contributed by atoms with van der Waals surface area (Å²) in [6, 6.07) is 0. The summed E-state index contributed by atoms with van der Waals surface area (Å²) in [6.45, 7) is 4.46. The third kappa shape index (κ3) is 4.55. The summed E-state index contributed by atoms with van der Waals surface area (Å²) in [7, 11) is -1.17. The van der Waals surface area contributed by atoms with Crippen LogP contribution in [0.3, 0.4) is 0 Å². The summed E-state index contributed by atoms with van der Waals surface area (Å²) in [6.07, 6.45) is 8.62. The van der Waals surface area contributed by atoms with E-state index in [1.54, 1.807) is 4.31 Å². The average Bonchev–Trinajstić information content (AvgIpc) is 2.93. The second kappa shape index (κ2) is 8.07. The van der Waals surface area contributed by atoms with E-state index in [-0.39, 0.29) is 24.0 Å². The number of guanidine groups is 1. The van der Waals surface area contributed by atoms with E-state index in [1.165, 1.54) is 31.9 Å². The van der Waals surface area contributed by atoms with Crippen LogP contribution in [0.1, 0.15) is 38.5 Å². The molecule has 1 N–H and O–H groups in total. The molecule has 3 aliphatic rings. The standard InChI is InChI=1S/C16H30N4O2S.HI/c1-17-15(19-11-8-16(13-19)6-3-7-16)18-12-14-4-9-20(10-5-14)23(2,21)22;/h14H,3-13H2,1-2H3,(H,17,18);1H. The number of nitrogens with one attached hydrogen (secondary N) is 1. The molecular weight excluding hydrogens is 439 g/mol. The zero-order valence-corrected chi connectivity index (χ0v) is 18.0. The largest absolute Gasteiger partial charge is 0.356 e. The fourth-order valence-electron chi connectivity index (χ4n) is 4.21. The van der Waals surface area contributed by atoms with E-state index in [0.29, 0.717) is 24.4 Å². The molecule has 6 nitrogen and oxygen atoms in total. The average molecular weight is 470 g/mol. The van der Waals surface area contributed by atoms with Crippen molar-refractivity contribution in [3.8, 4) is 0 Å². The van der Waals surface area contributed by atoms with E-state index >= 15 is 0 Å². The highest BCUT2D eigenvalue weighted by molar-refractivity contribution is 14.0. The van der Waals surface area contributed by atoms with Crippen LogP contribution in [0, 0.1) is 11.3 Å². The van der Waals surface area contributed by atoms with Gasteiger partial charge >= 0.3 is 0 Å². The highest BCUT2D eigenvalue weighted by Gasteiger charge is 2.43. The third-order valence-corrected chi connectivity index (χ3v) is 7.26. The molecule has 2 saturated heterocycles. The van der Waals surface area contributed by atoms with Gasteiger partial charge in [-0.05, 0) is 43.4 Å². The van der Waals surface area contributed by atoms with Gasteiger partial charge in [0.25, 0.3) is 0 Å². The van der Waals surface area contributed by atoms with Gasteiger partial charge in [0.15, 0.2) is 5.96 Å². The second-order valence-electron chi connectivity index (χ2n) is 7.56. The van der Waals surface area contributed by atoms with Gasteiger partial charge in [-0.25, -0.2) is 12.7 Å². The van der Waals surface area contributed by atoms with Crippen molar-refractivity contribution in [1.29, 1.82) is 0 Å². The number of piperidine rings is 1. The summed E-state index contributed by atoms with van der Waals surface area (Å²) in [4.78, 5) is 6.87. The van der Waals surface area contributed by atoms with E-state index in [1.807, 2.05) is 7.05 Å². The summed E-state index contributed by atoms with van der Waals surface area (Å²) in [5, 5.41) is 3.53. The normalized spacial score (nSPS) is 25.4. The van der Waals surface area contributed by atoms with E-state index < -0.39 is 10.0 Å². The molecule has 1 spiro atoms. The van der Waals surface area contributed by atoms with Gasteiger partial charge in [0.05, 0.1) is 6.26 Å². The second-order valence-corrected chi connectivity index (χ2v) is 9.54. The minimum absolute atomic E-state index is 0. The Morgan fingerprint density at radius 2 is 1.88 bits per heavy atom. The fourth-order valence-corrected chi connectivity index (χ4v) is 5.09. The molecule has 1 aliphatic carbocycles. The van der Waals surface area contributed by atoms with Gasteiger partial charge in [-0.2, -0.15) is 0 Å². The topological polar surface area (TPSA) is 65.0 Å². The van der Waals surface area contributed by atoms with Crippen LogP contribution in [-0.2, 0) is 10.0 Å². The van der Waals surface area contributed by atoms with Gasteiger partial charge < -0.3 is 10.2 Å². The van der Waals surface area contributed by atoms with Crippen LogP contribution in [0.25, 0.3) is 0 Å². The maximum Gasteiger partial charge on any atom is 0.211 e. The molecule has 2 aliphatic heterocycles. The van der Waals surface area contributed by atoms with Crippen LogP contribution in [0.2, 0.25) is 0 Å². The van der Waals surface area contributed by atoms with Crippen molar-refractivity contribution in [1.82, 2.24) is 14.5 Å². The number of likely N-dealkylation sites (tertiary alicyclic amines) is 1. The van der Waals surface area contributed by atoms with E-state index in [2.05, 4.69) is 15.2 Å². The first-order valence-corrected chi connectivity index (χ1v) is 10.7. The molecular formula is C16H31IN4O2S. The summed E-state index contributed by atoms with van der Waals surface area (Å²) in [5.74, 6) is 1.56. The van der Waals surface area contributed by atoms with Gasteiger partial charge in [0.1, 0.15) is 0 Å². The number of halogens is 1. The minimum Gasteiger partial charge on any atom is -0.356 e. The van der Waals surface area contributed by atoms with E-state index in [4.69, 9.17) is 0 Å². The third-order valence-electron chi connectivity index (χ3n) is 5.96. The van der Waals surface area contributed by atoms with Crippen molar-refractivity contribution in [3.05, 3.63) is 0 Å². The molecule has 0 bridgehead atoms. The van der Waals surface area contributed by atoms with Crippen molar-refractivity contribution in [2.45, 2.75) is 38.5 Å². The highest BCUT2D eigenvalue weighted by atomic mass is 127. The molecule has 0 unspecified atom stereocenters. The molecule has 3 rings (SSSR count). The lowest BCUT2D eigenvalue weighted by Gasteiger charge is -2.38. The molecule has 8 heteroatoms. The molecule has 2 heterocycles. The van der Waals surface area contributed by atoms with Crippen LogP contribution in [0.5, 0.6) is 0 Å². The molecule has 140 valence electrons. The molecule has 0 amide bonds. The van der Waals surface area contributed by atoms with Gasteiger partial charge in [-0.3, -0.25) is 4.99 Å². The summed E-state index contributed by atoms with van der Waals surface area (Å²) in [5.41, 5.74) is 0.582. The van der Waals surface area contributed by atoms with Crippen LogP contribution in [-0.4, -0.2) is 69.6 Å². The molecule has 0 aromatic carbocycles. The van der Waals surface area contributed by atoms with E-state index in [0.717, 1.165) is 38.4 Å². The number of rotatable bonds is 3. The Hall–Kier alpha value is -0.0900. The Bertz CT molecular complexity index is 554. The van der Waals surface area contributed by atoms with Crippen molar-refractivity contribution >= 4 is 40.0 Å². The zero-order valence-electron chi connectivity index (χ0n) is 14.8. The molecule has 0 aromatic heterocycles.